The monoisotopic (exact) mass is 586 g/mol. The van der Waals surface area contributed by atoms with Crippen LogP contribution >= 0.6 is 0 Å². The number of hydrogen-bond acceptors (Lipinski definition) is 7. The summed E-state index contributed by atoms with van der Waals surface area (Å²) in [4.78, 5) is 45.1. The van der Waals surface area contributed by atoms with E-state index < -0.39 is 27.5 Å². The summed E-state index contributed by atoms with van der Waals surface area (Å²) in [6.45, 7) is 2.48. The number of nitrogens with one attached hydrogen (secondary N) is 1. The third-order valence-corrected chi connectivity index (χ3v) is 9.09. The van der Waals surface area contributed by atoms with Gasteiger partial charge in [-0.1, -0.05) is 30.3 Å². The van der Waals surface area contributed by atoms with Crippen molar-refractivity contribution in [2.24, 2.45) is 4.36 Å². The fourth-order valence-corrected chi connectivity index (χ4v) is 6.46. The Bertz CT molecular complexity index is 1730. The van der Waals surface area contributed by atoms with Crippen LogP contribution in [-0.4, -0.2) is 61.9 Å². The van der Waals surface area contributed by atoms with E-state index in [-0.39, 0.29) is 28.0 Å². The molecule has 11 heteroatoms. The van der Waals surface area contributed by atoms with E-state index in [9.17, 15) is 23.7 Å². The molecule has 2 aromatic heterocycles. The van der Waals surface area contributed by atoms with Crippen LogP contribution in [0.2, 0.25) is 0 Å². The molecule has 3 amide bonds. The van der Waals surface area contributed by atoms with Crippen LogP contribution in [0.25, 0.3) is 11.1 Å². The Morgan fingerprint density at radius 1 is 1.02 bits per heavy atom. The summed E-state index contributed by atoms with van der Waals surface area (Å²) in [6.07, 6.45) is 4.78. The highest BCUT2D eigenvalue weighted by Gasteiger charge is 2.27. The van der Waals surface area contributed by atoms with Crippen LogP contribution in [0.3, 0.4) is 0 Å². The third-order valence-electron chi connectivity index (χ3n) is 6.99. The molecule has 1 aliphatic rings. The Labute approximate surface area is 243 Å². The highest BCUT2D eigenvalue weighted by atomic mass is 32.2. The van der Waals surface area contributed by atoms with Crippen LogP contribution in [0.5, 0.6) is 0 Å². The molecule has 2 aromatic carbocycles. The zero-order valence-corrected chi connectivity index (χ0v) is 23.8. The minimum Gasteiger partial charge on any atom is -0.459 e. The van der Waals surface area contributed by atoms with Crippen molar-refractivity contribution in [3.8, 4) is 11.1 Å². The van der Waals surface area contributed by atoms with Gasteiger partial charge in [0, 0.05) is 47.2 Å². The molecule has 1 saturated heterocycles. The largest absolute Gasteiger partial charge is 0.459 e. The van der Waals surface area contributed by atoms with Gasteiger partial charge in [-0.05, 0) is 61.7 Å². The first-order valence-electron chi connectivity index (χ1n) is 13.4. The summed E-state index contributed by atoms with van der Waals surface area (Å²) < 4.78 is 23.5. The normalized spacial score (nSPS) is 15.0. The van der Waals surface area contributed by atoms with Gasteiger partial charge in [0.25, 0.3) is 11.8 Å². The van der Waals surface area contributed by atoms with Gasteiger partial charge in [-0.15, -0.1) is 0 Å². The molecule has 1 aliphatic heterocycles. The molecule has 0 saturated carbocycles. The lowest BCUT2D eigenvalue weighted by molar-refractivity contribution is -0.130. The number of hydrogen-bond donors (Lipinski definition) is 2. The lowest BCUT2D eigenvalue weighted by atomic mass is 10.1. The van der Waals surface area contributed by atoms with Gasteiger partial charge in [0.2, 0.25) is 5.91 Å². The van der Waals surface area contributed by atoms with Gasteiger partial charge in [-0.2, -0.15) is 4.36 Å². The standard InChI is InChI=1S/C31H30N4O6S/c1-21-12-15-41-29(21)31(39)33-25-7-5-6-22(17-25)23-16-24(19-32-18-23)30(38)34-42(40,27-8-3-2-4-9-27)20-28(37)35-13-10-26(36)11-14-35/h2-9,12,15-19,26,36H,10-11,13-14,20H2,1H3,(H,33,39)/t42-/m0/s1. The van der Waals surface area contributed by atoms with Gasteiger partial charge in [0.15, 0.2) is 5.76 Å². The first-order chi connectivity index (χ1) is 20.2. The first kappa shape index (κ1) is 28.9. The zero-order chi connectivity index (χ0) is 29.7. The number of amides is 3. The molecule has 3 heterocycles. The maximum absolute atomic E-state index is 14.2. The van der Waals surface area contributed by atoms with Gasteiger partial charge in [0.05, 0.1) is 27.7 Å². The number of likely N-dealkylation sites (tertiary alicyclic amines) is 1. The molecular formula is C31H30N4O6S. The van der Waals surface area contributed by atoms with Gasteiger partial charge < -0.3 is 19.7 Å². The summed E-state index contributed by atoms with van der Waals surface area (Å²) in [5, 5.41) is 12.6. The van der Waals surface area contributed by atoms with Gasteiger partial charge in [0.1, 0.15) is 5.75 Å². The quantitative estimate of drug-likeness (QED) is 0.323. The lowest BCUT2D eigenvalue weighted by Gasteiger charge is -2.30. The Hall–Kier alpha value is -4.61. The SMILES string of the molecule is Cc1ccoc1C(=O)Nc1cccc(-c2cncc(C(=O)N=[S@](=O)(CC(=O)N3CCC(O)CC3)c3ccccc3)c2)c1. The van der Waals surface area contributed by atoms with Gasteiger partial charge >= 0.3 is 0 Å². The number of benzene rings is 2. The number of carbonyl (C=O) groups excluding carboxylic acids is 3. The molecular weight excluding hydrogens is 556 g/mol. The minimum absolute atomic E-state index is 0.102. The molecule has 0 unspecified atom stereocenters. The Morgan fingerprint density at radius 2 is 1.79 bits per heavy atom. The Morgan fingerprint density at radius 3 is 2.50 bits per heavy atom. The van der Waals surface area contributed by atoms with Crippen LogP contribution in [0.4, 0.5) is 5.69 Å². The number of aliphatic hydroxyl groups is 1. The van der Waals surface area contributed by atoms with E-state index >= 15 is 0 Å². The Kier molecular flexibility index (Phi) is 8.60. The number of rotatable bonds is 7. The highest BCUT2D eigenvalue weighted by Crippen LogP contribution is 2.25. The number of aryl methyl sites for hydroxylation is 1. The van der Waals surface area contributed by atoms with E-state index in [1.165, 1.54) is 12.5 Å². The fraction of sp³-hybridized carbons (Fsp3) is 0.226. The number of pyridine rings is 1. The summed E-state index contributed by atoms with van der Waals surface area (Å²) >= 11 is 0. The first-order valence-corrected chi connectivity index (χ1v) is 15.1. The Balaban J connectivity index is 1.41. The molecule has 5 rings (SSSR count). The van der Waals surface area contributed by atoms with Crippen molar-refractivity contribution in [3.05, 3.63) is 102 Å². The molecule has 1 atom stereocenters. The maximum atomic E-state index is 14.2. The topological polar surface area (TPSA) is 142 Å². The van der Waals surface area contributed by atoms with Crippen molar-refractivity contribution in [1.82, 2.24) is 9.88 Å². The summed E-state index contributed by atoms with van der Waals surface area (Å²) in [5.41, 5.74) is 2.59. The van der Waals surface area contributed by atoms with E-state index in [0.717, 1.165) is 0 Å². The number of furan rings is 1. The van der Waals surface area contributed by atoms with Crippen molar-refractivity contribution in [3.63, 3.8) is 0 Å². The van der Waals surface area contributed by atoms with E-state index in [1.54, 1.807) is 84.8 Å². The van der Waals surface area contributed by atoms with Crippen molar-refractivity contribution in [2.75, 3.05) is 24.2 Å². The number of piperidine rings is 1. The van der Waals surface area contributed by atoms with Crippen LogP contribution in [0, 0.1) is 6.92 Å². The van der Waals surface area contributed by atoms with Crippen LogP contribution in [0.1, 0.15) is 39.3 Å². The number of anilines is 1. The highest BCUT2D eigenvalue weighted by molar-refractivity contribution is 7.94. The molecule has 0 radical (unpaired) electrons. The van der Waals surface area contributed by atoms with E-state index in [0.29, 0.717) is 48.3 Å². The second kappa shape index (κ2) is 12.5. The molecule has 1 fully saturated rings. The predicted octanol–water partition coefficient (Wildman–Crippen LogP) is 4.55. The molecule has 216 valence electrons. The second-order valence-electron chi connectivity index (χ2n) is 10.0. The molecule has 0 bridgehead atoms. The van der Waals surface area contributed by atoms with Crippen molar-refractivity contribution < 1.29 is 28.1 Å². The van der Waals surface area contributed by atoms with Crippen LogP contribution < -0.4 is 5.32 Å². The van der Waals surface area contributed by atoms with E-state index in [2.05, 4.69) is 14.7 Å². The number of aromatic nitrogens is 1. The van der Waals surface area contributed by atoms with Gasteiger partial charge in [-0.25, -0.2) is 4.21 Å². The lowest BCUT2D eigenvalue weighted by Crippen LogP contribution is -2.42. The van der Waals surface area contributed by atoms with Crippen LogP contribution in [-0.2, 0) is 14.5 Å². The van der Waals surface area contributed by atoms with Crippen molar-refractivity contribution >= 4 is 33.1 Å². The number of nitrogens with zero attached hydrogens (tertiary/aromatic N) is 3. The van der Waals surface area contributed by atoms with Crippen molar-refractivity contribution in [1.29, 1.82) is 0 Å². The van der Waals surface area contributed by atoms with Crippen molar-refractivity contribution in [2.45, 2.75) is 30.8 Å². The zero-order valence-electron chi connectivity index (χ0n) is 22.9. The number of carbonyl (C=O) groups is 3. The van der Waals surface area contributed by atoms with Gasteiger partial charge in [-0.3, -0.25) is 19.4 Å². The predicted molar refractivity (Wildman–Crippen MR) is 157 cm³/mol. The summed E-state index contributed by atoms with van der Waals surface area (Å²) in [5.74, 6) is -1.78. The van der Waals surface area contributed by atoms with Crippen LogP contribution in [0.15, 0.2) is 99.1 Å². The average Bonchev–Trinajstić information content (AvgIpc) is 3.44. The number of aliphatic hydroxyl groups excluding tert-OH is 1. The smallest absolute Gasteiger partial charge is 0.291 e. The average molecular weight is 587 g/mol. The fourth-order valence-electron chi connectivity index (χ4n) is 4.65. The summed E-state index contributed by atoms with van der Waals surface area (Å²) in [7, 11) is -3.46. The molecule has 0 spiro atoms. The minimum atomic E-state index is -3.46. The summed E-state index contributed by atoms with van der Waals surface area (Å²) in [6, 6.07) is 18.6. The molecule has 2 N–H and O–H groups in total. The molecule has 42 heavy (non-hydrogen) atoms. The second-order valence-corrected chi connectivity index (χ2v) is 12.3. The van der Waals surface area contributed by atoms with E-state index in [1.807, 2.05) is 0 Å². The van der Waals surface area contributed by atoms with E-state index in [4.69, 9.17) is 4.42 Å². The molecule has 4 aromatic rings. The third kappa shape index (κ3) is 6.64. The molecule has 10 nitrogen and oxygen atoms in total. The maximum Gasteiger partial charge on any atom is 0.291 e. The molecule has 0 aliphatic carbocycles.